The lowest BCUT2D eigenvalue weighted by Gasteiger charge is -2.28. The van der Waals surface area contributed by atoms with E-state index >= 15 is 0 Å². The summed E-state index contributed by atoms with van der Waals surface area (Å²) in [5.41, 5.74) is 0. The molecule has 0 aromatic heterocycles. The third kappa shape index (κ3) is 9.37. The van der Waals surface area contributed by atoms with Crippen LogP contribution in [0.25, 0.3) is 0 Å². The minimum absolute atomic E-state index is 0.630. The average Bonchev–Trinajstić information content (AvgIpc) is 2.35. The standard InChI is InChI=1S/C9H22O4S4Si/c1-4-11-18(12-5-2,13-6-3)9-7-8-14-16-17-15-10/h10H,4-9H2,1-3H3. The van der Waals surface area contributed by atoms with E-state index in [9.17, 15) is 0 Å². The molecule has 0 saturated heterocycles. The largest absolute Gasteiger partial charge is 0.500 e. The molecule has 0 saturated carbocycles. The molecule has 0 radical (unpaired) electrons. The van der Waals surface area contributed by atoms with Crippen LogP contribution >= 0.6 is 41.5 Å². The van der Waals surface area contributed by atoms with Crippen molar-refractivity contribution in [1.82, 2.24) is 0 Å². The molecule has 0 atom stereocenters. The van der Waals surface area contributed by atoms with Crippen LogP contribution in [0.4, 0.5) is 0 Å². The van der Waals surface area contributed by atoms with Crippen molar-refractivity contribution < 1.29 is 17.8 Å². The summed E-state index contributed by atoms with van der Waals surface area (Å²) in [6, 6.07) is 0.854. The van der Waals surface area contributed by atoms with Gasteiger partial charge in [-0.3, -0.25) is 0 Å². The highest BCUT2D eigenvalue weighted by molar-refractivity contribution is 9.25. The van der Waals surface area contributed by atoms with Crippen LogP contribution in [0.3, 0.4) is 0 Å². The Hall–Kier alpha value is 1.46. The van der Waals surface area contributed by atoms with E-state index in [1.165, 1.54) is 9.83 Å². The van der Waals surface area contributed by atoms with Crippen molar-refractivity contribution in [3.05, 3.63) is 0 Å². The smallest absolute Gasteiger partial charge is 0.374 e. The Balaban J connectivity index is 3.97. The fraction of sp³-hybridized carbons (Fsp3) is 1.00. The third-order valence-corrected chi connectivity index (χ3v) is 10.3. The van der Waals surface area contributed by atoms with Crippen molar-refractivity contribution in [2.45, 2.75) is 33.2 Å². The van der Waals surface area contributed by atoms with Gasteiger partial charge in [0.1, 0.15) is 0 Å². The Morgan fingerprint density at radius 2 is 1.50 bits per heavy atom. The molecule has 110 valence electrons. The maximum atomic E-state index is 8.55. The Bertz CT molecular complexity index is 173. The second-order valence-electron chi connectivity index (χ2n) is 3.12. The van der Waals surface area contributed by atoms with Crippen LogP contribution in [0, 0.1) is 0 Å². The SMILES string of the molecule is CCO[Si](CCCSSSSO)(OCC)OCC. The topological polar surface area (TPSA) is 47.9 Å². The molecule has 0 aromatic rings. The summed E-state index contributed by atoms with van der Waals surface area (Å²) in [6.45, 7) is 7.81. The molecule has 0 spiro atoms. The molecule has 18 heavy (non-hydrogen) atoms. The Kier molecular flexibility index (Phi) is 14.5. The zero-order valence-corrected chi connectivity index (χ0v) is 15.3. The maximum Gasteiger partial charge on any atom is 0.500 e. The van der Waals surface area contributed by atoms with Crippen molar-refractivity contribution in [3.8, 4) is 0 Å². The molecule has 0 amide bonds. The van der Waals surface area contributed by atoms with Crippen LogP contribution in [0.1, 0.15) is 27.2 Å². The summed E-state index contributed by atoms with van der Waals surface area (Å²) in [6.07, 6.45) is 1.00. The molecule has 1 N–H and O–H groups in total. The zero-order valence-electron chi connectivity index (χ0n) is 11.0. The lowest BCUT2D eigenvalue weighted by Crippen LogP contribution is -2.46. The predicted molar refractivity (Wildman–Crippen MR) is 87.9 cm³/mol. The van der Waals surface area contributed by atoms with Gasteiger partial charge in [-0.25, -0.2) is 0 Å². The van der Waals surface area contributed by atoms with Gasteiger partial charge < -0.3 is 17.8 Å². The second kappa shape index (κ2) is 13.4. The summed E-state index contributed by atoms with van der Waals surface area (Å²) in [5.74, 6) is 1.00. The molecule has 0 bridgehead atoms. The highest BCUT2D eigenvalue weighted by Gasteiger charge is 2.39. The van der Waals surface area contributed by atoms with Gasteiger partial charge in [0.2, 0.25) is 0 Å². The Morgan fingerprint density at radius 1 is 0.944 bits per heavy atom. The average molecular weight is 351 g/mol. The molecule has 9 heteroatoms. The van der Waals surface area contributed by atoms with Gasteiger partial charge in [0.25, 0.3) is 0 Å². The van der Waals surface area contributed by atoms with E-state index in [1.807, 2.05) is 20.8 Å². The minimum Gasteiger partial charge on any atom is -0.374 e. The van der Waals surface area contributed by atoms with Gasteiger partial charge >= 0.3 is 8.80 Å². The molecule has 0 heterocycles. The minimum atomic E-state index is -2.45. The van der Waals surface area contributed by atoms with Crippen LogP contribution in [0.2, 0.25) is 6.04 Å². The first-order valence-corrected chi connectivity index (χ1v) is 12.8. The van der Waals surface area contributed by atoms with E-state index in [1.54, 1.807) is 20.6 Å². The van der Waals surface area contributed by atoms with E-state index in [-0.39, 0.29) is 0 Å². The van der Waals surface area contributed by atoms with E-state index in [2.05, 4.69) is 0 Å². The highest BCUT2D eigenvalue weighted by atomic mass is 33.7. The van der Waals surface area contributed by atoms with Crippen molar-refractivity contribution in [2.24, 2.45) is 0 Å². The number of rotatable bonds is 13. The maximum absolute atomic E-state index is 8.55. The second-order valence-corrected chi connectivity index (χ2v) is 11.3. The van der Waals surface area contributed by atoms with E-state index in [0.29, 0.717) is 19.8 Å². The van der Waals surface area contributed by atoms with Crippen molar-refractivity contribution in [3.63, 3.8) is 0 Å². The molecule has 0 rings (SSSR count). The summed E-state index contributed by atoms with van der Waals surface area (Å²) >= 11 is 0.783. The molecule has 0 aliphatic rings. The van der Waals surface area contributed by atoms with E-state index in [4.69, 9.17) is 17.8 Å². The lowest BCUT2D eigenvalue weighted by molar-refractivity contribution is 0.0712. The summed E-state index contributed by atoms with van der Waals surface area (Å²) in [7, 11) is 2.23. The lowest BCUT2D eigenvalue weighted by atomic mass is 10.6. The normalized spacial score (nSPS) is 12.0. The first kappa shape index (κ1) is 19.5. The molecule has 0 aliphatic carbocycles. The summed E-state index contributed by atoms with van der Waals surface area (Å²) in [4.78, 5) is 0. The van der Waals surface area contributed by atoms with Gasteiger partial charge in [-0.15, -0.1) is 0 Å². The number of hydrogen-bond donors (Lipinski definition) is 1. The zero-order chi connectivity index (χ0) is 13.7. The molecule has 4 nitrogen and oxygen atoms in total. The fourth-order valence-electron chi connectivity index (χ4n) is 1.41. The molecule has 0 fully saturated rings. The fourth-order valence-corrected chi connectivity index (χ4v) is 8.35. The summed E-state index contributed by atoms with van der Waals surface area (Å²) < 4.78 is 25.9. The number of hydrogen-bond acceptors (Lipinski definition) is 8. The monoisotopic (exact) mass is 350 g/mol. The van der Waals surface area contributed by atoms with E-state index in [0.717, 1.165) is 29.3 Å². The summed E-state index contributed by atoms with van der Waals surface area (Å²) in [5, 5.41) is 0. The van der Waals surface area contributed by atoms with Crippen molar-refractivity contribution in [1.29, 1.82) is 0 Å². The van der Waals surface area contributed by atoms with Crippen molar-refractivity contribution in [2.75, 3.05) is 25.6 Å². The van der Waals surface area contributed by atoms with Crippen molar-refractivity contribution >= 4 is 50.3 Å². The van der Waals surface area contributed by atoms with Gasteiger partial charge in [-0.1, -0.05) is 10.8 Å². The Labute approximate surface area is 126 Å². The predicted octanol–water partition coefficient (Wildman–Crippen LogP) is 4.58. The molecule has 0 aliphatic heterocycles. The van der Waals surface area contributed by atoms with Crippen LogP contribution < -0.4 is 0 Å². The molecular weight excluding hydrogens is 328 g/mol. The molecule has 0 unspecified atom stereocenters. The third-order valence-electron chi connectivity index (χ3n) is 1.91. The quantitative estimate of drug-likeness (QED) is 0.224. The van der Waals surface area contributed by atoms with Crippen LogP contribution in [0.5, 0.6) is 0 Å². The van der Waals surface area contributed by atoms with Crippen LogP contribution in [0.15, 0.2) is 0 Å². The van der Waals surface area contributed by atoms with Gasteiger partial charge in [0, 0.05) is 41.4 Å². The van der Waals surface area contributed by atoms with Crippen LogP contribution in [-0.4, -0.2) is 38.9 Å². The van der Waals surface area contributed by atoms with Gasteiger partial charge in [-0.2, -0.15) is 0 Å². The van der Waals surface area contributed by atoms with Gasteiger partial charge in [-0.05, 0) is 37.0 Å². The molecular formula is C9H22O4S4Si. The van der Waals surface area contributed by atoms with Gasteiger partial charge in [0.15, 0.2) is 0 Å². The Morgan fingerprint density at radius 3 is 1.94 bits per heavy atom. The molecule has 0 aromatic carbocycles. The van der Waals surface area contributed by atoms with Crippen LogP contribution in [-0.2, 0) is 13.3 Å². The van der Waals surface area contributed by atoms with Gasteiger partial charge in [0.05, 0.1) is 11.1 Å². The van der Waals surface area contributed by atoms with E-state index < -0.39 is 8.80 Å². The highest BCUT2D eigenvalue weighted by Crippen LogP contribution is 2.41. The first-order chi connectivity index (χ1) is 8.74. The first-order valence-electron chi connectivity index (χ1n) is 5.92.